The monoisotopic (exact) mass is 406 g/mol. The van der Waals surface area contributed by atoms with Gasteiger partial charge in [-0.3, -0.25) is 0 Å². The zero-order valence-electron chi connectivity index (χ0n) is 20.0. The number of benzene rings is 1. The molecule has 0 atom stereocenters. The van der Waals surface area contributed by atoms with E-state index in [1.54, 1.807) is 0 Å². The lowest BCUT2D eigenvalue weighted by atomic mass is 9.81. The minimum atomic E-state index is 0.111. The topological polar surface area (TPSA) is 20.2 Å². The normalized spacial score (nSPS) is 16.7. The van der Waals surface area contributed by atoms with Crippen molar-refractivity contribution in [3.8, 4) is 5.75 Å². The van der Waals surface area contributed by atoms with E-state index in [0.717, 1.165) is 28.6 Å². The molecule has 0 amide bonds. The fourth-order valence-corrected chi connectivity index (χ4v) is 5.10. The van der Waals surface area contributed by atoms with E-state index in [1.807, 2.05) is 13.8 Å². The molecule has 0 saturated heterocycles. The third-order valence-corrected chi connectivity index (χ3v) is 6.80. The summed E-state index contributed by atoms with van der Waals surface area (Å²) in [4.78, 5) is 0. The Morgan fingerprint density at radius 1 is 0.857 bits per heavy atom. The molecule has 1 fully saturated rings. The molecule has 1 aliphatic carbocycles. The van der Waals surface area contributed by atoms with Gasteiger partial charge < -0.3 is 5.11 Å². The number of hydrogen-bond donors (Lipinski definition) is 1. The number of thioether (sulfide) groups is 1. The van der Waals surface area contributed by atoms with Gasteiger partial charge in [0.15, 0.2) is 0 Å². The molecule has 2 heteroatoms. The second-order valence-electron chi connectivity index (χ2n) is 10.4. The molecule has 1 aromatic carbocycles. The maximum Gasteiger partial charge on any atom is 0.122 e. The number of rotatable bonds is 4. The molecular formula is C26H46OS. The van der Waals surface area contributed by atoms with Crippen LogP contribution in [-0.4, -0.2) is 10.4 Å². The molecule has 0 aromatic heterocycles. The van der Waals surface area contributed by atoms with Crippen LogP contribution in [0.2, 0.25) is 0 Å². The standard InChI is InChI=1S/C24H40OS.C2H6/c1-23(2,3)16-18-14-20(24(4,5)6)15-19(22(18)25)17-26-21-12-10-8-7-9-11-13-21;1-2/h14-15,21,25H,7-13,16-17H2,1-6H3;1-2H3. The molecular weight excluding hydrogens is 360 g/mol. The summed E-state index contributed by atoms with van der Waals surface area (Å²) in [5, 5.41) is 11.7. The van der Waals surface area contributed by atoms with E-state index in [1.165, 1.54) is 50.5 Å². The van der Waals surface area contributed by atoms with Gasteiger partial charge in [-0.05, 0) is 41.2 Å². The van der Waals surface area contributed by atoms with Crippen molar-refractivity contribution in [3.05, 3.63) is 28.8 Å². The lowest BCUT2D eigenvalue weighted by Crippen LogP contribution is -2.15. The maximum absolute atomic E-state index is 11.0. The number of phenols is 1. The molecule has 162 valence electrons. The van der Waals surface area contributed by atoms with Crippen LogP contribution in [0.4, 0.5) is 0 Å². The molecule has 0 radical (unpaired) electrons. The molecule has 1 aromatic rings. The second kappa shape index (κ2) is 11.5. The number of phenolic OH excluding ortho intramolecular Hbond substituents is 1. The number of aromatic hydroxyl groups is 1. The Morgan fingerprint density at radius 2 is 1.36 bits per heavy atom. The molecule has 0 spiro atoms. The summed E-state index contributed by atoms with van der Waals surface area (Å²) in [7, 11) is 0. The van der Waals surface area contributed by atoms with Crippen molar-refractivity contribution >= 4 is 11.8 Å². The van der Waals surface area contributed by atoms with E-state index in [4.69, 9.17) is 0 Å². The molecule has 2 rings (SSSR count). The molecule has 0 heterocycles. The summed E-state index contributed by atoms with van der Waals surface area (Å²) in [5.41, 5.74) is 3.91. The third kappa shape index (κ3) is 8.80. The van der Waals surface area contributed by atoms with E-state index in [-0.39, 0.29) is 10.8 Å². The van der Waals surface area contributed by atoms with Crippen LogP contribution in [0.5, 0.6) is 5.75 Å². The minimum absolute atomic E-state index is 0.111. The predicted octanol–water partition coefficient (Wildman–Crippen LogP) is 8.65. The van der Waals surface area contributed by atoms with Gasteiger partial charge in [-0.15, -0.1) is 0 Å². The summed E-state index contributed by atoms with van der Waals surface area (Å²) >= 11 is 2.07. The Balaban J connectivity index is 0.00000190. The van der Waals surface area contributed by atoms with Crippen LogP contribution in [0, 0.1) is 5.41 Å². The van der Waals surface area contributed by atoms with Gasteiger partial charge in [-0.25, -0.2) is 0 Å². The van der Waals surface area contributed by atoms with E-state index in [2.05, 4.69) is 65.4 Å². The summed E-state index contributed by atoms with van der Waals surface area (Å²) in [6.07, 6.45) is 10.6. The predicted molar refractivity (Wildman–Crippen MR) is 129 cm³/mol. The van der Waals surface area contributed by atoms with Crippen LogP contribution >= 0.6 is 11.8 Å². The molecule has 0 unspecified atom stereocenters. The van der Waals surface area contributed by atoms with Gasteiger partial charge in [-0.2, -0.15) is 11.8 Å². The minimum Gasteiger partial charge on any atom is -0.507 e. The van der Waals surface area contributed by atoms with Crippen molar-refractivity contribution in [3.63, 3.8) is 0 Å². The average Bonchev–Trinajstić information content (AvgIpc) is 2.56. The zero-order valence-corrected chi connectivity index (χ0v) is 20.8. The van der Waals surface area contributed by atoms with Gasteiger partial charge in [0.05, 0.1) is 0 Å². The van der Waals surface area contributed by atoms with E-state index >= 15 is 0 Å². The van der Waals surface area contributed by atoms with E-state index in [0.29, 0.717) is 5.75 Å². The Hall–Kier alpha value is -0.630. The van der Waals surface area contributed by atoms with Crippen LogP contribution in [-0.2, 0) is 17.6 Å². The highest BCUT2D eigenvalue weighted by Crippen LogP contribution is 2.38. The quantitative estimate of drug-likeness (QED) is 0.539. The van der Waals surface area contributed by atoms with Crippen molar-refractivity contribution in [2.24, 2.45) is 5.41 Å². The zero-order chi connectivity index (χ0) is 21.4. The molecule has 1 saturated carbocycles. The molecule has 28 heavy (non-hydrogen) atoms. The molecule has 0 aliphatic heterocycles. The van der Waals surface area contributed by atoms with E-state index in [9.17, 15) is 5.11 Å². The van der Waals surface area contributed by atoms with Gasteiger partial charge in [-0.1, -0.05) is 99.6 Å². The molecule has 1 nitrogen and oxygen atoms in total. The Bertz CT molecular complexity index is 569. The second-order valence-corrected chi connectivity index (χ2v) is 11.7. The molecule has 1 N–H and O–H groups in total. The first-order valence-corrected chi connectivity index (χ1v) is 12.6. The Kier molecular flexibility index (Phi) is 10.5. The fraction of sp³-hybridized carbons (Fsp3) is 0.769. The van der Waals surface area contributed by atoms with E-state index < -0.39 is 0 Å². The largest absolute Gasteiger partial charge is 0.507 e. The van der Waals surface area contributed by atoms with Gasteiger partial charge in [0.1, 0.15) is 5.75 Å². The number of hydrogen-bond acceptors (Lipinski definition) is 2. The van der Waals surface area contributed by atoms with Crippen LogP contribution in [0.1, 0.15) is 117 Å². The SMILES string of the molecule is CC.CC(C)(C)Cc1cc(C(C)(C)C)cc(CSC2CCCCCCC2)c1O. The van der Waals surface area contributed by atoms with Gasteiger partial charge in [0, 0.05) is 16.6 Å². The van der Waals surface area contributed by atoms with Crippen molar-refractivity contribution in [1.29, 1.82) is 0 Å². The van der Waals surface area contributed by atoms with Crippen LogP contribution < -0.4 is 0 Å². The smallest absolute Gasteiger partial charge is 0.122 e. The summed E-state index contributed by atoms with van der Waals surface area (Å²) < 4.78 is 0. The lowest BCUT2D eigenvalue weighted by Gasteiger charge is -2.26. The third-order valence-electron chi connectivity index (χ3n) is 5.38. The summed E-state index contributed by atoms with van der Waals surface area (Å²) in [5.74, 6) is 1.49. The highest BCUT2D eigenvalue weighted by molar-refractivity contribution is 7.99. The van der Waals surface area contributed by atoms with Crippen molar-refractivity contribution in [1.82, 2.24) is 0 Å². The highest BCUT2D eigenvalue weighted by atomic mass is 32.2. The maximum atomic E-state index is 11.0. The Morgan fingerprint density at radius 3 is 1.86 bits per heavy atom. The van der Waals surface area contributed by atoms with Crippen LogP contribution in [0.15, 0.2) is 12.1 Å². The van der Waals surface area contributed by atoms with Crippen molar-refractivity contribution < 1.29 is 5.11 Å². The first kappa shape index (κ1) is 25.4. The fourth-order valence-electron chi connectivity index (χ4n) is 3.80. The van der Waals surface area contributed by atoms with Gasteiger partial charge >= 0.3 is 0 Å². The first-order chi connectivity index (χ1) is 13.1. The first-order valence-electron chi connectivity index (χ1n) is 11.5. The van der Waals surface area contributed by atoms with Crippen LogP contribution in [0.3, 0.4) is 0 Å². The summed E-state index contributed by atoms with van der Waals surface area (Å²) in [6.45, 7) is 17.6. The summed E-state index contributed by atoms with van der Waals surface area (Å²) in [6, 6.07) is 4.50. The van der Waals surface area contributed by atoms with Crippen molar-refractivity contribution in [2.45, 2.75) is 123 Å². The molecule has 0 bridgehead atoms. The van der Waals surface area contributed by atoms with Crippen molar-refractivity contribution in [2.75, 3.05) is 0 Å². The average molecular weight is 407 g/mol. The Labute approximate surface area is 180 Å². The lowest BCUT2D eigenvalue weighted by molar-refractivity contribution is 0.392. The van der Waals surface area contributed by atoms with Gasteiger partial charge in [0.25, 0.3) is 0 Å². The highest BCUT2D eigenvalue weighted by Gasteiger charge is 2.22. The van der Waals surface area contributed by atoms with Gasteiger partial charge in [0.2, 0.25) is 0 Å². The molecule has 1 aliphatic rings. The van der Waals surface area contributed by atoms with Crippen LogP contribution in [0.25, 0.3) is 0 Å².